The molecule has 0 amide bonds. The molecular weight excluding hydrogens is 242 g/mol. The van der Waals surface area contributed by atoms with Gasteiger partial charge in [-0.2, -0.15) is 0 Å². The summed E-state index contributed by atoms with van der Waals surface area (Å²) in [6.07, 6.45) is 0. The number of methoxy groups -OCH3 is 1. The summed E-state index contributed by atoms with van der Waals surface area (Å²) in [6.45, 7) is 0. The molecule has 19 heavy (non-hydrogen) atoms. The van der Waals surface area contributed by atoms with Crippen LogP contribution in [-0.4, -0.2) is 13.1 Å². The Morgan fingerprint density at radius 2 is 1.95 bits per heavy atom. The summed E-state index contributed by atoms with van der Waals surface area (Å²) in [5.74, 6) is -0.566. The highest BCUT2D eigenvalue weighted by atomic mass is 16.5. The molecule has 0 saturated carbocycles. The van der Waals surface area contributed by atoms with Gasteiger partial charge in [-0.1, -0.05) is 30.3 Å². The van der Waals surface area contributed by atoms with Crippen molar-refractivity contribution in [1.29, 1.82) is 5.41 Å². The van der Waals surface area contributed by atoms with Gasteiger partial charge in [-0.15, -0.1) is 0 Å². The zero-order valence-corrected chi connectivity index (χ0v) is 10.3. The topological polar surface area (TPSA) is 63.3 Å². The molecule has 0 fully saturated rings. The first-order valence-electron chi connectivity index (χ1n) is 5.79. The van der Waals surface area contributed by atoms with Gasteiger partial charge >= 0.3 is 5.97 Å². The lowest BCUT2D eigenvalue weighted by molar-refractivity contribution is 0.0595. The molecule has 3 rings (SSSR count). The lowest BCUT2D eigenvalue weighted by Crippen LogP contribution is -2.15. The van der Waals surface area contributed by atoms with Crippen LogP contribution < -0.4 is 5.55 Å². The van der Waals surface area contributed by atoms with Crippen LogP contribution in [0.4, 0.5) is 0 Å². The molecule has 4 heteroatoms. The third-order valence-corrected chi connectivity index (χ3v) is 3.08. The number of rotatable bonds is 1. The van der Waals surface area contributed by atoms with Crippen LogP contribution in [0.5, 0.6) is 0 Å². The van der Waals surface area contributed by atoms with Crippen molar-refractivity contribution in [3.05, 3.63) is 53.6 Å². The number of esters is 1. The fraction of sp³-hybridized carbons (Fsp3) is 0.0667. The lowest BCUT2D eigenvalue weighted by Gasteiger charge is -2.05. The summed E-state index contributed by atoms with van der Waals surface area (Å²) in [5.41, 5.74) is 0.525. The molecule has 0 radical (unpaired) electrons. The second-order valence-electron chi connectivity index (χ2n) is 4.18. The smallest absolute Gasteiger partial charge is 0.343 e. The van der Waals surface area contributed by atoms with Gasteiger partial charge in [0.25, 0.3) is 0 Å². The van der Waals surface area contributed by atoms with Crippen LogP contribution in [-0.2, 0) is 4.74 Å². The van der Waals surface area contributed by atoms with E-state index >= 15 is 0 Å². The van der Waals surface area contributed by atoms with Gasteiger partial charge in [0.1, 0.15) is 11.1 Å². The van der Waals surface area contributed by atoms with E-state index in [0.29, 0.717) is 5.58 Å². The fourth-order valence-electron chi connectivity index (χ4n) is 2.15. The Hall–Kier alpha value is -2.62. The Bertz CT molecular complexity index is 849. The maximum atomic E-state index is 11.6. The standard InChI is InChI=1S/C15H11NO3/c1-18-15(17)12-8-11-10-5-3-2-4-9(10)6-7-13(11)19-14(12)16/h2-8,16H,1H3. The van der Waals surface area contributed by atoms with Crippen LogP contribution in [0.1, 0.15) is 10.4 Å². The van der Waals surface area contributed by atoms with Gasteiger partial charge < -0.3 is 9.15 Å². The van der Waals surface area contributed by atoms with E-state index in [0.717, 1.165) is 16.2 Å². The average molecular weight is 253 g/mol. The number of carbonyl (C=O) groups is 1. The van der Waals surface area contributed by atoms with Gasteiger partial charge in [0.2, 0.25) is 5.55 Å². The van der Waals surface area contributed by atoms with Crippen LogP contribution in [0.15, 0.2) is 46.9 Å². The zero-order valence-electron chi connectivity index (χ0n) is 10.3. The molecule has 1 N–H and O–H groups in total. The van der Waals surface area contributed by atoms with Crippen molar-refractivity contribution in [3.63, 3.8) is 0 Å². The molecule has 0 atom stereocenters. The van der Waals surface area contributed by atoms with Gasteiger partial charge in [-0.25, -0.2) is 4.79 Å². The minimum atomic E-state index is -0.566. The van der Waals surface area contributed by atoms with Gasteiger partial charge in [-0.3, -0.25) is 5.41 Å². The summed E-state index contributed by atoms with van der Waals surface area (Å²) < 4.78 is 10.0. The molecule has 0 bridgehead atoms. The molecule has 0 unspecified atom stereocenters. The first-order chi connectivity index (χ1) is 9.20. The monoisotopic (exact) mass is 253 g/mol. The molecule has 1 aromatic heterocycles. The summed E-state index contributed by atoms with van der Waals surface area (Å²) >= 11 is 0. The van der Waals surface area contributed by atoms with Crippen molar-refractivity contribution in [2.75, 3.05) is 7.11 Å². The maximum Gasteiger partial charge on any atom is 0.343 e. The number of fused-ring (bicyclic) bond motifs is 3. The Morgan fingerprint density at radius 3 is 2.74 bits per heavy atom. The predicted molar refractivity (Wildman–Crippen MR) is 70.9 cm³/mol. The minimum absolute atomic E-state index is 0.131. The molecule has 0 spiro atoms. The van der Waals surface area contributed by atoms with Crippen LogP contribution in [0, 0.1) is 5.41 Å². The Kier molecular flexibility index (Phi) is 2.56. The molecule has 0 aliphatic carbocycles. The molecule has 3 aromatic rings. The molecule has 1 heterocycles. The molecule has 0 aliphatic heterocycles. The highest BCUT2D eigenvalue weighted by molar-refractivity contribution is 6.07. The van der Waals surface area contributed by atoms with E-state index in [1.807, 2.05) is 30.3 Å². The summed E-state index contributed by atoms with van der Waals surface area (Å²) in [5, 5.41) is 10.6. The van der Waals surface area contributed by atoms with Crippen molar-refractivity contribution in [3.8, 4) is 0 Å². The van der Waals surface area contributed by atoms with Gasteiger partial charge in [-0.05, 0) is 22.9 Å². The van der Waals surface area contributed by atoms with Crippen molar-refractivity contribution in [2.45, 2.75) is 0 Å². The molecule has 4 nitrogen and oxygen atoms in total. The van der Waals surface area contributed by atoms with Gasteiger partial charge in [0.05, 0.1) is 7.11 Å². The van der Waals surface area contributed by atoms with Crippen LogP contribution in [0.25, 0.3) is 21.7 Å². The molecule has 0 aliphatic rings. The van der Waals surface area contributed by atoms with Crippen LogP contribution in [0.3, 0.4) is 0 Å². The summed E-state index contributed by atoms with van der Waals surface area (Å²) in [6, 6.07) is 13.2. The molecular formula is C15H11NO3. The van der Waals surface area contributed by atoms with E-state index in [2.05, 4.69) is 4.74 Å². The number of benzene rings is 2. The maximum absolute atomic E-state index is 11.6. The van der Waals surface area contributed by atoms with Crippen molar-refractivity contribution in [1.82, 2.24) is 0 Å². The number of carbonyl (C=O) groups excluding carboxylic acids is 1. The molecule has 94 valence electrons. The third kappa shape index (κ3) is 1.78. The fourth-order valence-corrected chi connectivity index (χ4v) is 2.15. The minimum Gasteiger partial charge on any atom is -0.465 e. The second-order valence-corrected chi connectivity index (χ2v) is 4.18. The van der Waals surface area contributed by atoms with E-state index in [9.17, 15) is 4.79 Å². The van der Waals surface area contributed by atoms with E-state index in [-0.39, 0.29) is 11.1 Å². The Morgan fingerprint density at radius 1 is 1.16 bits per heavy atom. The second kappa shape index (κ2) is 4.24. The first-order valence-corrected chi connectivity index (χ1v) is 5.79. The van der Waals surface area contributed by atoms with Crippen LogP contribution >= 0.6 is 0 Å². The van der Waals surface area contributed by atoms with E-state index in [1.165, 1.54) is 7.11 Å². The van der Waals surface area contributed by atoms with Gasteiger partial charge in [0, 0.05) is 5.39 Å². The number of hydrogen-bond donors (Lipinski definition) is 1. The predicted octanol–water partition coefficient (Wildman–Crippen LogP) is 2.85. The Labute approximate surface area is 108 Å². The normalized spacial score (nSPS) is 10.8. The van der Waals surface area contributed by atoms with Crippen LogP contribution in [0.2, 0.25) is 0 Å². The van der Waals surface area contributed by atoms with Crippen molar-refractivity contribution >= 4 is 27.7 Å². The van der Waals surface area contributed by atoms with Crippen molar-refractivity contribution < 1.29 is 13.9 Å². The largest absolute Gasteiger partial charge is 0.465 e. The van der Waals surface area contributed by atoms with Crippen molar-refractivity contribution in [2.24, 2.45) is 0 Å². The molecule has 0 saturated heterocycles. The number of nitrogens with one attached hydrogen (secondary N) is 1. The third-order valence-electron chi connectivity index (χ3n) is 3.08. The summed E-state index contributed by atoms with van der Waals surface area (Å²) in [4.78, 5) is 11.6. The zero-order chi connectivity index (χ0) is 13.4. The van der Waals surface area contributed by atoms with E-state index < -0.39 is 5.97 Å². The van der Waals surface area contributed by atoms with Gasteiger partial charge in [0.15, 0.2) is 0 Å². The Balaban J connectivity index is 2.45. The SMILES string of the molecule is COC(=O)c1cc2c(ccc3ccccc32)oc1=N. The lowest BCUT2D eigenvalue weighted by atomic mass is 10.0. The highest BCUT2D eigenvalue weighted by Crippen LogP contribution is 2.24. The van der Waals surface area contributed by atoms with E-state index in [1.54, 1.807) is 12.1 Å². The average Bonchev–Trinajstić information content (AvgIpc) is 2.45. The quantitative estimate of drug-likeness (QED) is 0.535. The number of ether oxygens (including phenoxy) is 1. The van der Waals surface area contributed by atoms with E-state index in [4.69, 9.17) is 9.83 Å². The number of hydrogen-bond acceptors (Lipinski definition) is 4. The first kappa shape index (κ1) is 11.5. The molecule has 2 aromatic carbocycles. The highest BCUT2D eigenvalue weighted by Gasteiger charge is 2.12. The summed E-state index contributed by atoms with van der Waals surface area (Å²) in [7, 11) is 1.29.